The van der Waals surface area contributed by atoms with Crippen molar-refractivity contribution in [2.45, 2.75) is 6.42 Å². The lowest BCUT2D eigenvalue weighted by Crippen LogP contribution is -2.25. The number of hydrogen-bond donors (Lipinski definition) is 1. The second-order valence-electron chi connectivity index (χ2n) is 3.98. The van der Waals surface area contributed by atoms with Crippen LogP contribution in [0.3, 0.4) is 0 Å². The van der Waals surface area contributed by atoms with Gasteiger partial charge in [0.25, 0.3) is 0 Å². The van der Waals surface area contributed by atoms with E-state index in [0.29, 0.717) is 18.0 Å². The predicted molar refractivity (Wildman–Crippen MR) is 74.4 cm³/mol. The monoisotopic (exact) mass is 381 g/mol. The highest BCUT2D eigenvalue weighted by molar-refractivity contribution is 9.11. The molecule has 1 amide bonds. The van der Waals surface area contributed by atoms with Gasteiger partial charge in [-0.3, -0.25) is 4.79 Å². The average molecular weight is 383 g/mol. The lowest BCUT2D eigenvalue weighted by atomic mass is 10.1. The number of anilines is 1. The average Bonchev–Trinajstić information content (AvgIpc) is 2.59. The van der Waals surface area contributed by atoms with Gasteiger partial charge in [0.1, 0.15) is 0 Å². The molecule has 6 heteroatoms. The van der Waals surface area contributed by atoms with E-state index in [-0.39, 0.29) is 18.4 Å². The van der Waals surface area contributed by atoms with Crippen molar-refractivity contribution in [1.82, 2.24) is 0 Å². The Bertz CT molecular complexity index is 444. The third-order valence-electron chi connectivity index (χ3n) is 2.71. The van der Waals surface area contributed by atoms with Gasteiger partial charge >= 0.3 is 0 Å². The third-order valence-corrected chi connectivity index (χ3v) is 4.14. The number of aliphatic hydroxyl groups is 1. The van der Waals surface area contributed by atoms with E-state index in [1.807, 2.05) is 0 Å². The maximum absolute atomic E-state index is 11.9. The number of amides is 1. The second-order valence-corrected chi connectivity index (χ2v) is 6.12. The van der Waals surface area contributed by atoms with Crippen molar-refractivity contribution in [3.63, 3.8) is 0 Å². The predicted octanol–water partition coefficient (Wildman–Crippen LogP) is 3.21. The highest BCUT2D eigenvalue weighted by atomic mass is 79.9. The first-order valence-electron chi connectivity index (χ1n) is 5.08. The smallest absolute Gasteiger partial charge is 0.227 e. The standard InChI is InChI=1S/C11H10Br2ClNO2/c12-8-2-7(14)3-9(13)11(8)15-4-6(5-16)1-10(15)17/h2-3,6,16H,1,4-5H2. The molecule has 1 aliphatic rings. The lowest BCUT2D eigenvalue weighted by Gasteiger charge is -2.20. The number of aliphatic hydroxyl groups excluding tert-OH is 1. The molecule has 1 N–H and O–H groups in total. The fourth-order valence-corrected chi connectivity index (χ4v) is 4.01. The van der Waals surface area contributed by atoms with Crippen LogP contribution >= 0.6 is 43.5 Å². The van der Waals surface area contributed by atoms with Gasteiger partial charge in [-0.2, -0.15) is 0 Å². The molecule has 1 atom stereocenters. The van der Waals surface area contributed by atoms with Gasteiger partial charge in [-0.1, -0.05) is 11.6 Å². The number of nitrogens with zero attached hydrogens (tertiary/aromatic N) is 1. The molecule has 1 aromatic carbocycles. The molecule has 0 radical (unpaired) electrons. The molecule has 2 rings (SSSR count). The van der Waals surface area contributed by atoms with Crippen molar-refractivity contribution in [1.29, 1.82) is 0 Å². The van der Waals surface area contributed by atoms with E-state index in [1.54, 1.807) is 17.0 Å². The van der Waals surface area contributed by atoms with Crippen molar-refractivity contribution in [2.75, 3.05) is 18.1 Å². The second kappa shape index (κ2) is 5.26. The molecule has 1 fully saturated rings. The van der Waals surface area contributed by atoms with Crippen LogP contribution in [0.2, 0.25) is 5.02 Å². The maximum atomic E-state index is 11.9. The van der Waals surface area contributed by atoms with Gasteiger partial charge in [0.2, 0.25) is 5.91 Å². The summed E-state index contributed by atoms with van der Waals surface area (Å²) >= 11 is 12.7. The fourth-order valence-electron chi connectivity index (χ4n) is 1.91. The zero-order valence-corrected chi connectivity index (χ0v) is 12.7. The number of carbonyl (C=O) groups excluding carboxylic acids is 1. The SMILES string of the molecule is O=C1CC(CO)CN1c1c(Br)cc(Cl)cc1Br. The molecular weight excluding hydrogens is 373 g/mol. The first-order chi connectivity index (χ1) is 8.02. The molecule has 0 saturated carbocycles. The summed E-state index contributed by atoms with van der Waals surface area (Å²) in [5.74, 6) is 0.0322. The molecular formula is C11H10Br2ClNO2. The molecule has 0 spiro atoms. The summed E-state index contributed by atoms with van der Waals surface area (Å²) in [6, 6.07) is 3.50. The van der Waals surface area contributed by atoms with Gasteiger partial charge in [0, 0.05) is 39.5 Å². The number of benzene rings is 1. The maximum Gasteiger partial charge on any atom is 0.227 e. The van der Waals surface area contributed by atoms with Crippen LogP contribution in [0.1, 0.15) is 6.42 Å². The zero-order valence-electron chi connectivity index (χ0n) is 8.79. The topological polar surface area (TPSA) is 40.5 Å². The van der Waals surface area contributed by atoms with Crippen LogP contribution in [0.15, 0.2) is 21.1 Å². The Morgan fingerprint density at radius 3 is 2.47 bits per heavy atom. The summed E-state index contributed by atoms with van der Waals surface area (Å²) in [7, 11) is 0. The molecule has 1 heterocycles. The number of hydrogen-bond acceptors (Lipinski definition) is 2. The van der Waals surface area contributed by atoms with Crippen molar-refractivity contribution < 1.29 is 9.90 Å². The first-order valence-corrected chi connectivity index (χ1v) is 7.05. The van der Waals surface area contributed by atoms with Crippen LogP contribution in [0, 0.1) is 5.92 Å². The Kier molecular flexibility index (Phi) is 4.13. The minimum Gasteiger partial charge on any atom is -0.396 e. The van der Waals surface area contributed by atoms with Crippen LogP contribution in [0.4, 0.5) is 5.69 Å². The summed E-state index contributed by atoms with van der Waals surface area (Å²) in [4.78, 5) is 13.5. The van der Waals surface area contributed by atoms with Crippen LogP contribution in [-0.4, -0.2) is 24.2 Å². The normalized spacial score (nSPS) is 20.1. The van der Waals surface area contributed by atoms with Gasteiger partial charge in [0.15, 0.2) is 0 Å². The zero-order chi connectivity index (χ0) is 12.6. The van der Waals surface area contributed by atoms with Crippen LogP contribution in [0.5, 0.6) is 0 Å². The van der Waals surface area contributed by atoms with E-state index in [1.165, 1.54) is 0 Å². The number of carbonyl (C=O) groups is 1. The lowest BCUT2D eigenvalue weighted by molar-refractivity contribution is -0.117. The van der Waals surface area contributed by atoms with Gasteiger partial charge in [-0.25, -0.2) is 0 Å². The van der Waals surface area contributed by atoms with Crippen molar-refractivity contribution >= 4 is 55.1 Å². The molecule has 1 aliphatic heterocycles. The van der Waals surface area contributed by atoms with Gasteiger partial charge in [-0.05, 0) is 44.0 Å². The fraction of sp³-hybridized carbons (Fsp3) is 0.364. The summed E-state index contributed by atoms with van der Waals surface area (Å²) in [6.45, 7) is 0.569. The van der Waals surface area contributed by atoms with E-state index in [9.17, 15) is 4.79 Å². The van der Waals surface area contributed by atoms with E-state index in [0.717, 1.165) is 14.6 Å². The summed E-state index contributed by atoms with van der Waals surface area (Å²) in [6.07, 6.45) is 0.387. The summed E-state index contributed by atoms with van der Waals surface area (Å²) in [5.41, 5.74) is 0.773. The Hall–Kier alpha value is -0.100. The Balaban J connectivity index is 2.38. The van der Waals surface area contributed by atoms with Crippen LogP contribution < -0.4 is 4.90 Å². The van der Waals surface area contributed by atoms with Crippen molar-refractivity contribution in [3.8, 4) is 0 Å². The molecule has 1 unspecified atom stereocenters. The molecule has 3 nitrogen and oxygen atoms in total. The van der Waals surface area contributed by atoms with E-state index >= 15 is 0 Å². The Morgan fingerprint density at radius 2 is 2.00 bits per heavy atom. The Labute approximate surface area is 121 Å². The molecule has 1 saturated heterocycles. The van der Waals surface area contributed by atoms with Gasteiger partial charge in [-0.15, -0.1) is 0 Å². The van der Waals surface area contributed by atoms with Crippen molar-refractivity contribution in [2.24, 2.45) is 5.92 Å². The van der Waals surface area contributed by atoms with Crippen molar-refractivity contribution in [3.05, 3.63) is 26.1 Å². The number of halogens is 3. The van der Waals surface area contributed by atoms with E-state index in [2.05, 4.69) is 31.9 Å². The molecule has 92 valence electrons. The number of rotatable bonds is 2. The van der Waals surface area contributed by atoms with Gasteiger partial charge < -0.3 is 10.0 Å². The quantitative estimate of drug-likeness (QED) is 0.852. The summed E-state index contributed by atoms with van der Waals surface area (Å²) in [5, 5.41) is 9.70. The molecule has 0 aliphatic carbocycles. The largest absolute Gasteiger partial charge is 0.396 e. The minimum absolute atomic E-state index is 0.0111. The first kappa shape index (κ1) is 13.3. The third kappa shape index (κ3) is 2.67. The van der Waals surface area contributed by atoms with Crippen LogP contribution in [-0.2, 0) is 4.79 Å². The van der Waals surface area contributed by atoms with E-state index in [4.69, 9.17) is 16.7 Å². The molecule has 0 bridgehead atoms. The van der Waals surface area contributed by atoms with Gasteiger partial charge in [0.05, 0.1) is 5.69 Å². The van der Waals surface area contributed by atoms with E-state index < -0.39 is 0 Å². The minimum atomic E-state index is 0.0111. The molecule has 1 aromatic rings. The highest BCUT2D eigenvalue weighted by Crippen LogP contribution is 2.39. The summed E-state index contributed by atoms with van der Waals surface area (Å²) < 4.78 is 1.53. The molecule has 0 aromatic heterocycles. The highest BCUT2D eigenvalue weighted by Gasteiger charge is 2.32. The Morgan fingerprint density at radius 1 is 1.41 bits per heavy atom. The molecule has 17 heavy (non-hydrogen) atoms. The van der Waals surface area contributed by atoms with Crippen LogP contribution in [0.25, 0.3) is 0 Å².